The summed E-state index contributed by atoms with van der Waals surface area (Å²) in [5.74, 6) is 1.71. The lowest BCUT2D eigenvalue weighted by Gasteiger charge is -2.22. The Labute approximate surface area is 109 Å². The molecule has 1 heterocycles. The highest BCUT2D eigenvalue weighted by Crippen LogP contribution is 2.19. The van der Waals surface area contributed by atoms with E-state index in [1.165, 1.54) is 32.1 Å². The summed E-state index contributed by atoms with van der Waals surface area (Å²) in [7, 11) is 0. The lowest BCUT2D eigenvalue weighted by atomic mass is 9.98. The van der Waals surface area contributed by atoms with Crippen molar-refractivity contribution < 1.29 is 4.74 Å². The first-order valence-corrected chi connectivity index (χ1v) is 6.92. The van der Waals surface area contributed by atoms with Crippen LogP contribution >= 0.6 is 0 Å². The molecule has 18 heavy (non-hydrogen) atoms. The minimum atomic E-state index is 0.481. The Bertz CT molecular complexity index is 355. The topological polar surface area (TPSA) is 47.0 Å². The minimum absolute atomic E-state index is 0.481. The number of nitrogens with one attached hydrogen (secondary N) is 1. The van der Waals surface area contributed by atoms with Gasteiger partial charge in [-0.2, -0.15) is 0 Å². The summed E-state index contributed by atoms with van der Waals surface area (Å²) in [6, 6.07) is 1.97. The van der Waals surface area contributed by atoms with E-state index in [0.29, 0.717) is 6.10 Å². The van der Waals surface area contributed by atoms with E-state index in [-0.39, 0.29) is 0 Å². The number of anilines is 1. The molecule has 0 amide bonds. The molecule has 0 bridgehead atoms. The molecule has 0 radical (unpaired) electrons. The molecule has 0 atom stereocenters. The van der Waals surface area contributed by atoms with Crippen LogP contribution in [0.3, 0.4) is 0 Å². The summed E-state index contributed by atoms with van der Waals surface area (Å²) in [6.45, 7) is 5.47. The molecule has 0 aliphatic heterocycles. The van der Waals surface area contributed by atoms with Crippen LogP contribution in [0, 0.1) is 13.8 Å². The fraction of sp³-hybridized carbons (Fsp3) is 0.714. The molecule has 4 nitrogen and oxygen atoms in total. The van der Waals surface area contributed by atoms with Gasteiger partial charge in [-0.3, -0.25) is 0 Å². The molecule has 0 aromatic carbocycles. The van der Waals surface area contributed by atoms with E-state index in [9.17, 15) is 0 Å². The molecule has 1 fully saturated rings. The van der Waals surface area contributed by atoms with E-state index < -0.39 is 0 Å². The van der Waals surface area contributed by atoms with Gasteiger partial charge in [0.15, 0.2) is 0 Å². The number of aromatic nitrogens is 2. The lowest BCUT2D eigenvalue weighted by Crippen LogP contribution is -2.20. The zero-order valence-corrected chi connectivity index (χ0v) is 11.4. The second-order valence-electron chi connectivity index (χ2n) is 5.00. The number of ether oxygens (including phenoxy) is 1. The standard InChI is InChI=1S/C14H23N3O/c1-11-10-14(17-12(2)16-11)15-8-9-18-13-6-4-3-5-7-13/h10,13H,3-9H2,1-2H3,(H,15,16,17). The number of hydrogen-bond donors (Lipinski definition) is 1. The highest BCUT2D eigenvalue weighted by atomic mass is 16.5. The summed E-state index contributed by atoms with van der Waals surface area (Å²) < 4.78 is 5.86. The van der Waals surface area contributed by atoms with Gasteiger partial charge in [0.05, 0.1) is 12.7 Å². The summed E-state index contributed by atoms with van der Waals surface area (Å²) in [6.07, 6.45) is 6.95. The average Bonchev–Trinajstić information content (AvgIpc) is 2.35. The van der Waals surface area contributed by atoms with Gasteiger partial charge in [-0.05, 0) is 26.7 Å². The van der Waals surface area contributed by atoms with Crippen LogP contribution in [-0.4, -0.2) is 29.2 Å². The van der Waals surface area contributed by atoms with E-state index in [0.717, 1.165) is 30.5 Å². The van der Waals surface area contributed by atoms with Crippen molar-refractivity contribution >= 4 is 5.82 Å². The second kappa shape index (κ2) is 6.69. The maximum Gasteiger partial charge on any atom is 0.129 e. The van der Waals surface area contributed by atoms with Gasteiger partial charge in [-0.1, -0.05) is 19.3 Å². The molecule has 2 rings (SSSR count). The van der Waals surface area contributed by atoms with Crippen LogP contribution in [0.5, 0.6) is 0 Å². The van der Waals surface area contributed by atoms with Gasteiger partial charge in [0.2, 0.25) is 0 Å². The van der Waals surface area contributed by atoms with Gasteiger partial charge in [-0.25, -0.2) is 9.97 Å². The zero-order valence-electron chi connectivity index (χ0n) is 11.4. The average molecular weight is 249 g/mol. The molecule has 0 saturated heterocycles. The molecule has 1 saturated carbocycles. The van der Waals surface area contributed by atoms with Crippen molar-refractivity contribution in [1.82, 2.24) is 9.97 Å². The summed E-state index contributed by atoms with van der Waals surface area (Å²) >= 11 is 0. The van der Waals surface area contributed by atoms with E-state index in [1.807, 2.05) is 19.9 Å². The Morgan fingerprint density at radius 1 is 1.22 bits per heavy atom. The Balaban J connectivity index is 1.68. The zero-order chi connectivity index (χ0) is 12.8. The molecule has 0 spiro atoms. The summed E-state index contributed by atoms with van der Waals surface area (Å²) in [5.41, 5.74) is 0.998. The van der Waals surface area contributed by atoms with Crippen molar-refractivity contribution in [3.8, 4) is 0 Å². The first kappa shape index (κ1) is 13.3. The molecule has 1 aromatic rings. The highest BCUT2D eigenvalue weighted by molar-refractivity contribution is 5.35. The predicted molar refractivity (Wildman–Crippen MR) is 72.8 cm³/mol. The van der Waals surface area contributed by atoms with E-state index in [1.54, 1.807) is 0 Å². The van der Waals surface area contributed by atoms with Crippen LogP contribution in [0.1, 0.15) is 43.6 Å². The molecule has 4 heteroatoms. The lowest BCUT2D eigenvalue weighted by molar-refractivity contribution is 0.0347. The molecule has 0 unspecified atom stereocenters. The third-order valence-electron chi connectivity index (χ3n) is 3.28. The molecule has 100 valence electrons. The molecular weight excluding hydrogens is 226 g/mol. The van der Waals surface area contributed by atoms with E-state index in [2.05, 4.69) is 15.3 Å². The normalized spacial score (nSPS) is 16.8. The fourth-order valence-corrected chi connectivity index (χ4v) is 2.44. The first-order chi connectivity index (χ1) is 8.74. The number of nitrogens with zero attached hydrogens (tertiary/aromatic N) is 2. The van der Waals surface area contributed by atoms with Crippen molar-refractivity contribution in [3.63, 3.8) is 0 Å². The Kier molecular flexibility index (Phi) is 4.93. The maximum atomic E-state index is 5.86. The second-order valence-corrected chi connectivity index (χ2v) is 5.00. The van der Waals surface area contributed by atoms with Crippen LogP contribution in [0.4, 0.5) is 5.82 Å². The first-order valence-electron chi connectivity index (χ1n) is 6.92. The molecular formula is C14H23N3O. The maximum absolute atomic E-state index is 5.86. The largest absolute Gasteiger partial charge is 0.376 e. The van der Waals surface area contributed by atoms with Crippen LogP contribution in [0.25, 0.3) is 0 Å². The predicted octanol–water partition coefficient (Wildman–Crippen LogP) is 2.85. The Morgan fingerprint density at radius 2 is 2.00 bits per heavy atom. The summed E-state index contributed by atoms with van der Waals surface area (Å²) in [5, 5.41) is 3.29. The van der Waals surface area contributed by atoms with Gasteiger partial charge in [0, 0.05) is 18.3 Å². The van der Waals surface area contributed by atoms with Gasteiger partial charge in [0.25, 0.3) is 0 Å². The van der Waals surface area contributed by atoms with Crippen LogP contribution in [0.2, 0.25) is 0 Å². The van der Waals surface area contributed by atoms with Gasteiger partial charge in [0.1, 0.15) is 11.6 Å². The quantitative estimate of drug-likeness (QED) is 0.815. The minimum Gasteiger partial charge on any atom is -0.376 e. The number of rotatable bonds is 5. The molecule has 1 aliphatic carbocycles. The van der Waals surface area contributed by atoms with E-state index >= 15 is 0 Å². The van der Waals surface area contributed by atoms with Gasteiger partial charge < -0.3 is 10.1 Å². The smallest absolute Gasteiger partial charge is 0.129 e. The third-order valence-corrected chi connectivity index (χ3v) is 3.28. The number of hydrogen-bond acceptors (Lipinski definition) is 4. The molecule has 1 aromatic heterocycles. The number of aryl methyl sites for hydroxylation is 2. The Morgan fingerprint density at radius 3 is 2.72 bits per heavy atom. The summed E-state index contributed by atoms with van der Waals surface area (Å²) in [4.78, 5) is 8.59. The van der Waals surface area contributed by atoms with Crippen LogP contribution in [0.15, 0.2) is 6.07 Å². The Hall–Kier alpha value is -1.16. The van der Waals surface area contributed by atoms with Crippen molar-refractivity contribution in [1.29, 1.82) is 0 Å². The molecule has 1 N–H and O–H groups in total. The van der Waals surface area contributed by atoms with Crippen LogP contribution < -0.4 is 5.32 Å². The third kappa shape index (κ3) is 4.26. The monoisotopic (exact) mass is 249 g/mol. The van der Waals surface area contributed by atoms with Crippen molar-refractivity contribution in [2.24, 2.45) is 0 Å². The van der Waals surface area contributed by atoms with E-state index in [4.69, 9.17) is 4.74 Å². The van der Waals surface area contributed by atoms with Crippen molar-refractivity contribution in [2.45, 2.75) is 52.1 Å². The molecule has 1 aliphatic rings. The van der Waals surface area contributed by atoms with Crippen molar-refractivity contribution in [2.75, 3.05) is 18.5 Å². The van der Waals surface area contributed by atoms with Gasteiger partial charge in [-0.15, -0.1) is 0 Å². The van der Waals surface area contributed by atoms with Crippen molar-refractivity contribution in [3.05, 3.63) is 17.6 Å². The van der Waals surface area contributed by atoms with Gasteiger partial charge >= 0.3 is 0 Å². The highest BCUT2D eigenvalue weighted by Gasteiger charge is 2.12. The fourth-order valence-electron chi connectivity index (χ4n) is 2.44. The van der Waals surface area contributed by atoms with Crippen LogP contribution in [-0.2, 0) is 4.74 Å². The SMILES string of the molecule is Cc1cc(NCCOC2CCCCC2)nc(C)n1.